The van der Waals surface area contributed by atoms with Gasteiger partial charge in [0.2, 0.25) is 0 Å². The van der Waals surface area contributed by atoms with Crippen LogP contribution in [0, 0.1) is 0 Å². The minimum absolute atomic E-state index is 0.617. The number of hydrogen-bond donors (Lipinski definition) is 0. The molecule has 4 nitrogen and oxygen atoms in total. The summed E-state index contributed by atoms with van der Waals surface area (Å²) >= 11 is 1.80. The van der Waals surface area contributed by atoms with Crippen molar-refractivity contribution in [3.05, 3.63) is 206 Å². The first-order valence-corrected chi connectivity index (χ1v) is 22.6. The van der Waals surface area contributed by atoms with Crippen molar-refractivity contribution in [1.82, 2.24) is 15.0 Å². The third-order valence-electron chi connectivity index (χ3n) is 12.8. The molecule has 12 aromatic rings. The Kier molecular flexibility index (Phi) is 8.49. The number of rotatable bonds is 6. The summed E-state index contributed by atoms with van der Waals surface area (Å²) in [6.07, 6.45) is 8.62. The van der Waals surface area contributed by atoms with E-state index in [1.807, 2.05) is 6.07 Å². The van der Waals surface area contributed by atoms with E-state index in [9.17, 15) is 0 Å². The molecular formula is C59H37N3OS. The molecule has 0 unspecified atom stereocenters. The van der Waals surface area contributed by atoms with E-state index in [1.54, 1.807) is 11.3 Å². The molecule has 0 saturated heterocycles. The third kappa shape index (κ3) is 6.16. The molecule has 0 spiro atoms. The standard InChI is InChI=1S/C59H37N3OS/c1-2-13-38(14-3-1)46-30-31-49(55-50-19-8-10-20-52(50)63-56(46)55)51-34-44(33-42-16-6-7-17-45(42)51)59-61-57(39-25-22-37(23-26-39)41-27-24-36-12-4-5-15-40(36)32-41)60-58(62-59)43-28-29-48-47-18-9-11-21-53(47)64-54(48)35-43/h1-2,4-13,15-35H,3,14H2. The lowest BCUT2D eigenvalue weighted by Crippen LogP contribution is -2.00. The van der Waals surface area contributed by atoms with E-state index in [4.69, 9.17) is 19.4 Å². The molecule has 1 aliphatic rings. The van der Waals surface area contributed by atoms with Crippen LogP contribution in [0.3, 0.4) is 0 Å². The van der Waals surface area contributed by atoms with E-state index in [0.717, 1.165) is 84.5 Å². The summed E-state index contributed by atoms with van der Waals surface area (Å²) in [7, 11) is 0. The van der Waals surface area contributed by atoms with Crippen molar-refractivity contribution in [3.63, 3.8) is 0 Å². The number of para-hydroxylation sites is 1. The molecule has 9 aromatic carbocycles. The van der Waals surface area contributed by atoms with Crippen LogP contribution < -0.4 is 0 Å². The Morgan fingerprint density at radius 3 is 1.91 bits per heavy atom. The zero-order chi connectivity index (χ0) is 42.1. The van der Waals surface area contributed by atoms with Crippen LogP contribution in [-0.4, -0.2) is 15.0 Å². The SMILES string of the molecule is C1=CCCC(c2ccc(-c3cc(-c4nc(-c5ccc(-c6ccc7ccccc7c6)cc5)nc(-c5ccc6c(c5)sc5ccccc56)n4)cc4ccccc34)c3c2oc2ccccc23)=C1. The van der Waals surface area contributed by atoms with Crippen molar-refractivity contribution in [1.29, 1.82) is 0 Å². The molecule has 0 aliphatic heterocycles. The van der Waals surface area contributed by atoms with Crippen LogP contribution in [0.5, 0.6) is 0 Å². The van der Waals surface area contributed by atoms with Crippen molar-refractivity contribution >= 4 is 80.6 Å². The molecule has 64 heavy (non-hydrogen) atoms. The van der Waals surface area contributed by atoms with Crippen molar-refractivity contribution in [2.75, 3.05) is 0 Å². The Balaban J connectivity index is 1.01. The maximum Gasteiger partial charge on any atom is 0.164 e. The Morgan fingerprint density at radius 1 is 0.422 bits per heavy atom. The van der Waals surface area contributed by atoms with Crippen molar-refractivity contribution in [2.45, 2.75) is 12.8 Å². The lowest BCUT2D eigenvalue weighted by Gasteiger charge is -2.15. The number of hydrogen-bond acceptors (Lipinski definition) is 5. The Bertz CT molecular complexity index is 3910. The number of furan rings is 1. The first kappa shape index (κ1) is 36.6. The number of allylic oxidation sites excluding steroid dienone is 4. The van der Waals surface area contributed by atoms with E-state index in [-0.39, 0.29) is 0 Å². The first-order chi connectivity index (χ1) is 31.7. The van der Waals surface area contributed by atoms with Gasteiger partial charge in [-0.1, -0.05) is 164 Å². The number of nitrogens with zero attached hydrogens (tertiary/aromatic N) is 3. The van der Waals surface area contributed by atoms with E-state index in [2.05, 4.69) is 194 Å². The van der Waals surface area contributed by atoms with E-state index in [1.165, 1.54) is 42.1 Å². The summed E-state index contributed by atoms with van der Waals surface area (Å²) in [4.78, 5) is 15.9. The van der Waals surface area contributed by atoms with Gasteiger partial charge in [-0.3, -0.25) is 0 Å². The highest BCUT2D eigenvalue weighted by Gasteiger charge is 2.22. The molecular weight excluding hydrogens is 799 g/mol. The highest BCUT2D eigenvalue weighted by Crippen LogP contribution is 2.45. The Morgan fingerprint density at radius 2 is 1.06 bits per heavy atom. The minimum Gasteiger partial charge on any atom is -0.455 e. The van der Waals surface area contributed by atoms with Gasteiger partial charge in [0.05, 0.1) is 0 Å². The summed E-state index contributed by atoms with van der Waals surface area (Å²) in [5.41, 5.74) is 11.6. The second-order valence-electron chi connectivity index (χ2n) is 16.6. The van der Waals surface area contributed by atoms with Gasteiger partial charge in [-0.2, -0.15) is 0 Å². The molecule has 0 fully saturated rings. The number of thiophene rings is 1. The van der Waals surface area contributed by atoms with Gasteiger partial charge in [0, 0.05) is 53.2 Å². The molecule has 5 heteroatoms. The number of aromatic nitrogens is 3. The van der Waals surface area contributed by atoms with Crippen LogP contribution >= 0.6 is 11.3 Å². The quantitative estimate of drug-likeness (QED) is 0.167. The van der Waals surface area contributed by atoms with Gasteiger partial charge in [-0.05, 0) is 98.6 Å². The second-order valence-corrected chi connectivity index (χ2v) is 17.7. The average Bonchev–Trinajstić information content (AvgIpc) is 3.95. The summed E-state index contributed by atoms with van der Waals surface area (Å²) in [5.74, 6) is 1.87. The Hall–Kier alpha value is -7.99. The maximum atomic E-state index is 6.76. The molecule has 300 valence electrons. The highest BCUT2D eigenvalue weighted by molar-refractivity contribution is 7.25. The van der Waals surface area contributed by atoms with E-state index >= 15 is 0 Å². The van der Waals surface area contributed by atoms with Crippen molar-refractivity contribution in [3.8, 4) is 56.4 Å². The predicted octanol–water partition coefficient (Wildman–Crippen LogP) is 16.5. The molecule has 0 atom stereocenters. The minimum atomic E-state index is 0.617. The fraction of sp³-hybridized carbons (Fsp3) is 0.0339. The van der Waals surface area contributed by atoms with Gasteiger partial charge >= 0.3 is 0 Å². The van der Waals surface area contributed by atoms with Gasteiger partial charge in [-0.15, -0.1) is 11.3 Å². The average molecular weight is 836 g/mol. The molecule has 0 saturated carbocycles. The van der Waals surface area contributed by atoms with E-state index < -0.39 is 0 Å². The van der Waals surface area contributed by atoms with Crippen LogP contribution in [0.25, 0.3) is 126 Å². The van der Waals surface area contributed by atoms with Crippen LogP contribution in [0.1, 0.15) is 18.4 Å². The fourth-order valence-corrected chi connectivity index (χ4v) is 10.7. The maximum absolute atomic E-state index is 6.76. The van der Waals surface area contributed by atoms with Gasteiger partial charge in [0.25, 0.3) is 0 Å². The predicted molar refractivity (Wildman–Crippen MR) is 269 cm³/mol. The van der Waals surface area contributed by atoms with Crippen molar-refractivity contribution < 1.29 is 4.42 Å². The number of fused-ring (bicyclic) bond motifs is 8. The molecule has 3 aromatic heterocycles. The zero-order valence-corrected chi connectivity index (χ0v) is 35.4. The highest BCUT2D eigenvalue weighted by atomic mass is 32.1. The molecule has 0 radical (unpaired) electrons. The first-order valence-electron chi connectivity index (χ1n) is 21.8. The topological polar surface area (TPSA) is 51.8 Å². The van der Waals surface area contributed by atoms with Gasteiger partial charge in [0.1, 0.15) is 11.2 Å². The summed E-state index contributed by atoms with van der Waals surface area (Å²) < 4.78 is 9.23. The smallest absolute Gasteiger partial charge is 0.164 e. The Labute approximate surface area is 373 Å². The summed E-state index contributed by atoms with van der Waals surface area (Å²) in [6.45, 7) is 0. The summed E-state index contributed by atoms with van der Waals surface area (Å²) in [5, 5.41) is 9.43. The lowest BCUT2D eigenvalue weighted by atomic mass is 9.89. The van der Waals surface area contributed by atoms with Crippen LogP contribution in [0.15, 0.2) is 205 Å². The molecule has 0 amide bonds. The van der Waals surface area contributed by atoms with Crippen molar-refractivity contribution in [2.24, 2.45) is 0 Å². The summed E-state index contributed by atoms with van der Waals surface area (Å²) in [6, 6.07) is 65.0. The van der Waals surface area contributed by atoms with Gasteiger partial charge < -0.3 is 4.42 Å². The molecule has 1 aliphatic carbocycles. The lowest BCUT2D eigenvalue weighted by molar-refractivity contribution is 0.667. The van der Waals surface area contributed by atoms with Gasteiger partial charge in [0.15, 0.2) is 17.5 Å². The van der Waals surface area contributed by atoms with E-state index in [0.29, 0.717) is 17.5 Å². The van der Waals surface area contributed by atoms with Gasteiger partial charge in [-0.25, -0.2) is 15.0 Å². The van der Waals surface area contributed by atoms with Crippen LogP contribution in [0.2, 0.25) is 0 Å². The zero-order valence-electron chi connectivity index (χ0n) is 34.6. The molecule has 13 rings (SSSR count). The fourth-order valence-electron chi connectivity index (χ4n) is 9.60. The molecule has 0 bridgehead atoms. The normalized spacial score (nSPS) is 12.9. The molecule has 3 heterocycles. The molecule has 0 N–H and O–H groups in total. The third-order valence-corrected chi connectivity index (χ3v) is 13.9. The number of benzene rings is 9. The van der Waals surface area contributed by atoms with Crippen LogP contribution in [-0.2, 0) is 0 Å². The monoisotopic (exact) mass is 835 g/mol. The largest absolute Gasteiger partial charge is 0.455 e. The van der Waals surface area contributed by atoms with Crippen LogP contribution in [0.4, 0.5) is 0 Å². The second kappa shape index (κ2) is 14.8.